The van der Waals surface area contributed by atoms with Crippen LogP contribution in [0.2, 0.25) is 0 Å². The summed E-state index contributed by atoms with van der Waals surface area (Å²) in [6, 6.07) is 4.75. The maximum Gasteiger partial charge on any atom is 0.322 e. The lowest BCUT2D eigenvalue weighted by Crippen LogP contribution is -2.42. The SMILES string of the molecule is O=C1NC(=O)C(CCC(=O)N2CCC(Oc3ccc(F)cc3)CC2)N1. The van der Waals surface area contributed by atoms with Crippen LogP contribution >= 0.6 is 0 Å². The molecule has 0 aliphatic carbocycles. The summed E-state index contributed by atoms with van der Waals surface area (Å²) in [5, 5.41) is 4.63. The average molecular weight is 349 g/mol. The van der Waals surface area contributed by atoms with Crippen molar-refractivity contribution < 1.29 is 23.5 Å². The molecular formula is C17H20FN3O4. The van der Waals surface area contributed by atoms with Crippen LogP contribution in [0.5, 0.6) is 5.75 Å². The Hall–Kier alpha value is -2.64. The van der Waals surface area contributed by atoms with Crippen molar-refractivity contribution >= 4 is 17.8 Å². The molecule has 2 saturated heterocycles. The van der Waals surface area contributed by atoms with Gasteiger partial charge in [0.05, 0.1) is 0 Å². The molecule has 0 aromatic heterocycles. The molecule has 4 amide bonds. The van der Waals surface area contributed by atoms with E-state index >= 15 is 0 Å². The van der Waals surface area contributed by atoms with Crippen LogP contribution in [-0.4, -0.2) is 48.0 Å². The van der Waals surface area contributed by atoms with Crippen molar-refractivity contribution in [1.82, 2.24) is 15.5 Å². The van der Waals surface area contributed by atoms with Crippen LogP contribution in [0.15, 0.2) is 24.3 Å². The minimum absolute atomic E-state index is 0.00518. The quantitative estimate of drug-likeness (QED) is 0.782. The predicted molar refractivity (Wildman–Crippen MR) is 86.3 cm³/mol. The van der Waals surface area contributed by atoms with Gasteiger partial charge < -0.3 is 15.0 Å². The Morgan fingerprint density at radius 1 is 1.20 bits per heavy atom. The van der Waals surface area contributed by atoms with Gasteiger partial charge in [-0.15, -0.1) is 0 Å². The first kappa shape index (κ1) is 17.2. The van der Waals surface area contributed by atoms with Crippen molar-refractivity contribution in [3.05, 3.63) is 30.1 Å². The fourth-order valence-corrected chi connectivity index (χ4v) is 3.02. The largest absolute Gasteiger partial charge is 0.490 e. The normalized spacial score (nSPS) is 21.0. The summed E-state index contributed by atoms with van der Waals surface area (Å²) in [6.45, 7) is 1.15. The molecule has 0 bridgehead atoms. The Morgan fingerprint density at radius 3 is 2.48 bits per heavy atom. The minimum Gasteiger partial charge on any atom is -0.490 e. The van der Waals surface area contributed by atoms with Crippen molar-refractivity contribution in [1.29, 1.82) is 0 Å². The number of halogens is 1. The number of piperidine rings is 1. The van der Waals surface area contributed by atoms with Gasteiger partial charge in [-0.05, 0) is 30.7 Å². The molecule has 7 nitrogen and oxygen atoms in total. The first-order chi connectivity index (χ1) is 12.0. The van der Waals surface area contributed by atoms with E-state index in [-0.39, 0.29) is 30.2 Å². The number of imide groups is 1. The predicted octanol–water partition coefficient (Wildman–Crippen LogP) is 1.18. The Bertz CT molecular complexity index is 656. The number of benzene rings is 1. The number of carbonyl (C=O) groups is 3. The number of likely N-dealkylation sites (tertiary alicyclic amines) is 1. The molecule has 1 unspecified atom stereocenters. The molecule has 3 rings (SSSR count). The van der Waals surface area contributed by atoms with Crippen LogP contribution in [0.25, 0.3) is 0 Å². The van der Waals surface area contributed by atoms with Gasteiger partial charge in [0.2, 0.25) is 5.91 Å². The second kappa shape index (κ2) is 7.50. The molecule has 0 saturated carbocycles. The molecule has 2 aliphatic rings. The maximum absolute atomic E-state index is 12.9. The van der Waals surface area contributed by atoms with Crippen molar-refractivity contribution in [3.8, 4) is 5.75 Å². The monoisotopic (exact) mass is 349 g/mol. The summed E-state index contributed by atoms with van der Waals surface area (Å²) in [6.07, 6.45) is 1.90. The van der Waals surface area contributed by atoms with E-state index in [1.165, 1.54) is 12.1 Å². The van der Waals surface area contributed by atoms with Crippen LogP contribution in [0.3, 0.4) is 0 Å². The van der Waals surface area contributed by atoms with Gasteiger partial charge in [-0.2, -0.15) is 0 Å². The van der Waals surface area contributed by atoms with Gasteiger partial charge >= 0.3 is 6.03 Å². The number of nitrogens with one attached hydrogen (secondary N) is 2. The van der Waals surface area contributed by atoms with Crippen LogP contribution in [0, 0.1) is 5.82 Å². The number of urea groups is 1. The standard InChI is InChI=1S/C17H20FN3O4/c18-11-1-3-12(4-2-11)25-13-7-9-21(10-8-13)15(22)6-5-14-16(23)20-17(24)19-14/h1-4,13-14H,5-10H2,(H2,19,20,23,24). The van der Waals surface area contributed by atoms with Gasteiger partial charge in [-0.3, -0.25) is 14.9 Å². The van der Waals surface area contributed by atoms with E-state index < -0.39 is 12.1 Å². The van der Waals surface area contributed by atoms with Crippen molar-refractivity contribution in [3.63, 3.8) is 0 Å². The lowest BCUT2D eigenvalue weighted by molar-refractivity contribution is -0.133. The highest BCUT2D eigenvalue weighted by Crippen LogP contribution is 2.20. The van der Waals surface area contributed by atoms with Crippen molar-refractivity contribution in [2.24, 2.45) is 0 Å². The van der Waals surface area contributed by atoms with Gasteiger partial charge in [-0.25, -0.2) is 9.18 Å². The minimum atomic E-state index is -0.629. The molecule has 134 valence electrons. The summed E-state index contributed by atoms with van der Waals surface area (Å²) < 4.78 is 18.7. The summed E-state index contributed by atoms with van der Waals surface area (Å²) in [5.74, 6) is -0.104. The fraction of sp³-hybridized carbons (Fsp3) is 0.471. The number of nitrogens with zero attached hydrogens (tertiary/aromatic N) is 1. The summed E-state index contributed by atoms with van der Waals surface area (Å²) in [7, 11) is 0. The Kier molecular flexibility index (Phi) is 5.16. The number of hydrogen-bond donors (Lipinski definition) is 2. The molecule has 25 heavy (non-hydrogen) atoms. The third kappa shape index (κ3) is 4.46. The number of ether oxygens (including phenoxy) is 1. The van der Waals surface area contributed by atoms with E-state index in [9.17, 15) is 18.8 Å². The average Bonchev–Trinajstić information content (AvgIpc) is 2.93. The molecule has 0 spiro atoms. The second-order valence-corrected chi connectivity index (χ2v) is 6.21. The molecule has 1 atom stereocenters. The Balaban J connectivity index is 1.41. The smallest absolute Gasteiger partial charge is 0.322 e. The maximum atomic E-state index is 12.9. The first-order valence-corrected chi connectivity index (χ1v) is 8.32. The summed E-state index contributed by atoms with van der Waals surface area (Å²) >= 11 is 0. The van der Waals surface area contributed by atoms with E-state index in [4.69, 9.17) is 4.74 Å². The zero-order chi connectivity index (χ0) is 17.8. The zero-order valence-electron chi connectivity index (χ0n) is 13.7. The third-order valence-electron chi connectivity index (χ3n) is 4.42. The molecule has 8 heteroatoms. The van der Waals surface area contributed by atoms with Gasteiger partial charge in [-0.1, -0.05) is 0 Å². The van der Waals surface area contributed by atoms with Crippen LogP contribution in [0.4, 0.5) is 9.18 Å². The number of hydrogen-bond acceptors (Lipinski definition) is 4. The second-order valence-electron chi connectivity index (χ2n) is 6.21. The number of rotatable bonds is 5. The highest BCUT2D eigenvalue weighted by Gasteiger charge is 2.31. The highest BCUT2D eigenvalue weighted by atomic mass is 19.1. The molecule has 1 aromatic carbocycles. The Morgan fingerprint density at radius 2 is 1.88 bits per heavy atom. The van der Waals surface area contributed by atoms with Crippen molar-refractivity contribution in [2.45, 2.75) is 37.8 Å². The number of carbonyl (C=O) groups excluding carboxylic acids is 3. The highest BCUT2D eigenvalue weighted by molar-refractivity contribution is 6.04. The van der Waals surface area contributed by atoms with E-state index in [2.05, 4.69) is 10.6 Å². The first-order valence-electron chi connectivity index (χ1n) is 8.32. The van der Waals surface area contributed by atoms with Gasteiger partial charge in [0.1, 0.15) is 23.7 Å². The van der Waals surface area contributed by atoms with Crippen LogP contribution in [0.1, 0.15) is 25.7 Å². The fourth-order valence-electron chi connectivity index (χ4n) is 3.02. The lowest BCUT2D eigenvalue weighted by Gasteiger charge is -2.32. The summed E-state index contributed by atoms with van der Waals surface area (Å²) in [4.78, 5) is 36.5. The molecule has 2 aliphatic heterocycles. The summed E-state index contributed by atoms with van der Waals surface area (Å²) in [5.41, 5.74) is 0. The zero-order valence-corrected chi connectivity index (χ0v) is 13.7. The van der Waals surface area contributed by atoms with Crippen molar-refractivity contribution in [2.75, 3.05) is 13.1 Å². The van der Waals surface area contributed by atoms with Gasteiger partial charge in [0.15, 0.2) is 0 Å². The molecule has 2 N–H and O–H groups in total. The Labute approximate surface area is 144 Å². The molecule has 2 heterocycles. The molecule has 2 fully saturated rings. The molecule has 1 aromatic rings. The van der Waals surface area contributed by atoms with E-state index in [0.717, 1.165) is 0 Å². The van der Waals surface area contributed by atoms with E-state index in [1.807, 2.05) is 0 Å². The van der Waals surface area contributed by atoms with Gasteiger partial charge in [0.25, 0.3) is 5.91 Å². The third-order valence-corrected chi connectivity index (χ3v) is 4.42. The molecular weight excluding hydrogens is 329 g/mol. The van der Waals surface area contributed by atoms with Crippen LogP contribution < -0.4 is 15.4 Å². The van der Waals surface area contributed by atoms with Crippen LogP contribution in [-0.2, 0) is 9.59 Å². The number of amides is 4. The molecule has 0 radical (unpaired) electrons. The van der Waals surface area contributed by atoms with E-state index in [0.29, 0.717) is 38.1 Å². The topological polar surface area (TPSA) is 87.7 Å². The van der Waals surface area contributed by atoms with Gasteiger partial charge in [0, 0.05) is 32.4 Å². The lowest BCUT2D eigenvalue weighted by atomic mass is 10.1. The van der Waals surface area contributed by atoms with E-state index in [1.54, 1.807) is 17.0 Å².